The van der Waals surface area contributed by atoms with Gasteiger partial charge in [-0.15, -0.1) is 0 Å². The second kappa shape index (κ2) is 5.64. The molecule has 78 valence electrons. The Morgan fingerprint density at radius 1 is 1.15 bits per heavy atom. The van der Waals surface area contributed by atoms with Crippen LogP contribution in [0.25, 0.3) is 0 Å². The second-order valence-electron chi connectivity index (χ2n) is 4.89. The normalized spacial score (nSPS) is 22.2. The van der Waals surface area contributed by atoms with Gasteiger partial charge in [-0.3, -0.25) is 0 Å². The summed E-state index contributed by atoms with van der Waals surface area (Å²) >= 11 is 0. The Hall–Kier alpha value is -0.0400. The number of hydrogen-bond donors (Lipinski definition) is 1. The average molecular weight is 184 g/mol. The Morgan fingerprint density at radius 2 is 1.77 bits per heavy atom. The molecule has 0 aromatic heterocycles. The summed E-state index contributed by atoms with van der Waals surface area (Å²) in [4.78, 5) is 0. The van der Waals surface area contributed by atoms with Crippen molar-refractivity contribution in [3.05, 3.63) is 0 Å². The van der Waals surface area contributed by atoms with Crippen molar-refractivity contribution < 1.29 is 5.11 Å². The highest BCUT2D eigenvalue weighted by Gasteiger charge is 2.16. The summed E-state index contributed by atoms with van der Waals surface area (Å²) in [6.07, 6.45) is 9.28. The first-order valence-corrected chi connectivity index (χ1v) is 5.88. The zero-order valence-electron chi connectivity index (χ0n) is 9.13. The van der Waals surface area contributed by atoms with Crippen molar-refractivity contribution in [3.63, 3.8) is 0 Å². The molecule has 0 spiro atoms. The maximum absolute atomic E-state index is 9.66. The lowest BCUT2D eigenvalue weighted by Crippen LogP contribution is -2.17. The molecular weight excluding hydrogens is 160 g/mol. The molecule has 0 amide bonds. The molecule has 0 bridgehead atoms. The highest BCUT2D eigenvalue weighted by atomic mass is 16.3. The Kier molecular flexibility index (Phi) is 4.79. The summed E-state index contributed by atoms with van der Waals surface area (Å²) in [6.45, 7) is 4.21. The van der Waals surface area contributed by atoms with E-state index in [1.54, 1.807) is 0 Å². The number of aliphatic hydroxyl groups is 1. The third-order valence-electron chi connectivity index (χ3n) is 3.36. The molecule has 1 aliphatic carbocycles. The lowest BCUT2D eigenvalue weighted by atomic mass is 9.84. The molecule has 1 rings (SSSR count). The third-order valence-corrected chi connectivity index (χ3v) is 3.36. The highest BCUT2D eigenvalue weighted by molar-refractivity contribution is 4.69. The van der Waals surface area contributed by atoms with Crippen LogP contribution in [0.15, 0.2) is 0 Å². The molecule has 1 unspecified atom stereocenters. The molecular formula is C12H24O. The molecule has 0 heterocycles. The first-order chi connectivity index (χ1) is 6.20. The summed E-state index contributed by atoms with van der Waals surface area (Å²) in [5.41, 5.74) is 0. The van der Waals surface area contributed by atoms with Crippen LogP contribution in [0.4, 0.5) is 0 Å². The first kappa shape index (κ1) is 11.0. The van der Waals surface area contributed by atoms with Crippen LogP contribution in [-0.4, -0.2) is 11.2 Å². The van der Waals surface area contributed by atoms with Gasteiger partial charge >= 0.3 is 0 Å². The minimum atomic E-state index is -0.0677. The van der Waals surface area contributed by atoms with Gasteiger partial charge in [0.1, 0.15) is 0 Å². The van der Waals surface area contributed by atoms with E-state index in [1.165, 1.54) is 38.5 Å². The number of aliphatic hydroxyl groups excluding tert-OH is 1. The summed E-state index contributed by atoms with van der Waals surface area (Å²) in [7, 11) is 0. The monoisotopic (exact) mass is 184 g/mol. The fourth-order valence-electron chi connectivity index (χ4n) is 2.22. The fourth-order valence-corrected chi connectivity index (χ4v) is 2.22. The van der Waals surface area contributed by atoms with Crippen LogP contribution in [-0.2, 0) is 0 Å². The van der Waals surface area contributed by atoms with E-state index in [-0.39, 0.29) is 6.10 Å². The Morgan fingerprint density at radius 3 is 2.31 bits per heavy atom. The van der Waals surface area contributed by atoms with Crippen molar-refractivity contribution in [3.8, 4) is 0 Å². The standard InChI is InChI=1S/C12H24O/c1-10(2)12(13)9-8-11-6-4-3-5-7-11/h10-13H,3-9H2,1-2H3. The van der Waals surface area contributed by atoms with Crippen molar-refractivity contribution in [2.45, 2.75) is 64.9 Å². The SMILES string of the molecule is CC(C)C(O)CCC1CCCCC1. The summed E-state index contributed by atoms with van der Waals surface area (Å²) < 4.78 is 0. The maximum Gasteiger partial charge on any atom is 0.0563 e. The molecule has 1 aliphatic rings. The smallest absolute Gasteiger partial charge is 0.0563 e. The van der Waals surface area contributed by atoms with Crippen LogP contribution in [0.3, 0.4) is 0 Å². The van der Waals surface area contributed by atoms with Crippen molar-refractivity contribution in [2.75, 3.05) is 0 Å². The van der Waals surface area contributed by atoms with Crippen LogP contribution < -0.4 is 0 Å². The van der Waals surface area contributed by atoms with Gasteiger partial charge in [0.2, 0.25) is 0 Å². The maximum atomic E-state index is 9.66. The van der Waals surface area contributed by atoms with Crippen molar-refractivity contribution in [1.29, 1.82) is 0 Å². The van der Waals surface area contributed by atoms with E-state index in [0.29, 0.717) is 5.92 Å². The molecule has 1 atom stereocenters. The van der Waals surface area contributed by atoms with Gasteiger partial charge in [-0.25, -0.2) is 0 Å². The molecule has 13 heavy (non-hydrogen) atoms. The van der Waals surface area contributed by atoms with E-state index in [1.807, 2.05) is 0 Å². The quantitative estimate of drug-likeness (QED) is 0.710. The van der Waals surface area contributed by atoms with Gasteiger partial charge in [-0.1, -0.05) is 46.0 Å². The number of rotatable bonds is 4. The van der Waals surface area contributed by atoms with E-state index in [4.69, 9.17) is 0 Å². The largest absolute Gasteiger partial charge is 0.393 e. The zero-order valence-corrected chi connectivity index (χ0v) is 9.13. The van der Waals surface area contributed by atoms with Crippen molar-refractivity contribution in [2.24, 2.45) is 11.8 Å². The zero-order chi connectivity index (χ0) is 9.68. The van der Waals surface area contributed by atoms with Crippen molar-refractivity contribution >= 4 is 0 Å². The second-order valence-corrected chi connectivity index (χ2v) is 4.89. The van der Waals surface area contributed by atoms with Crippen LogP contribution in [0.1, 0.15) is 58.8 Å². The van der Waals surface area contributed by atoms with Gasteiger partial charge in [0.25, 0.3) is 0 Å². The predicted molar refractivity (Wildman–Crippen MR) is 56.7 cm³/mol. The lowest BCUT2D eigenvalue weighted by Gasteiger charge is -2.23. The van der Waals surface area contributed by atoms with E-state index in [0.717, 1.165) is 12.3 Å². The van der Waals surface area contributed by atoms with Gasteiger partial charge in [0.05, 0.1) is 6.10 Å². The summed E-state index contributed by atoms with van der Waals surface area (Å²) in [5.74, 6) is 1.35. The summed E-state index contributed by atoms with van der Waals surface area (Å²) in [6, 6.07) is 0. The molecule has 0 aromatic rings. The van der Waals surface area contributed by atoms with Gasteiger partial charge in [-0.2, -0.15) is 0 Å². The average Bonchev–Trinajstić information content (AvgIpc) is 2.15. The molecule has 0 aromatic carbocycles. The molecule has 0 aliphatic heterocycles. The van der Waals surface area contributed by atoms with Gasteiger partial charge < -0.3 is 5.11 Å². The van der Waals surface area contributed by atoms with E-state index in [9.17, 15) is 5.11 Å². The fraction of sp³-hybridized carbons (Fsp3) is 1.00. The Bertz CT molecular complexity index is 125. The topological polar surface area (TPSA) is 20.2 Å². The molecule has 1 saturated carbocycles. The van der Waals surface area contributed by atoms with Crippen LogP contribution in [0.5, 0.6) is 0 Å². The first-order valence-electron chi connectivity index (χ1n) is 5.88. The Balaban J connectivity index is 2.10. The molecule has 0 saturated heterocycles. The predicted octanol–water partition coefficient (Wildman–Crippen LogP) is 3.36. The van der Waals surface area contributed by atoms with Crippen molar-refractivity contribution in [1.82, 2.24) is 0 Å². The molecule has 1 heteroatoms. The van der Waals surface area contributed by atoms with Crippen LogP contribution >= 0.6 is 0 Å². The van der Waals surface area contributed by atoms with E-state index < -0.39 is 0 Å². The minimum absolute atomic E-state index is 0.0677. The van der Waals surface area contributed by atoms with Gasteiger partial charge in [-0.05, 0) is 24.7 Å². The summed E-state index contributed by atoms with van der Waals surface area (Å²) in [5, 5.41) is 9.66. The van der Waals surface area contributed by atoms with Gasteiger partial charge in [0, 0.05) is 0 Å². The van der Waals surface area contributed by atoms with E-state index >= 15 is 0 Å². The van der Waals surface area contributed by atoms with Gasteiger partial charge in [0.15, 0.2) is 0 Å². The molecule has 0 radical (unpaired) electrons. The minimum Gasteiger partial charge on any atom is -0.393 e. The van der Waals surface area contributed by atoms with Crippen LogP contribution in [0.2, 0.25) is 0 Å². The number of hydrogen-bond acceptors (Lipinski definition) is 1. The van der Waals surface area contributed by atoms with Crippen LogP contribution in [0, 0.1) is 11.8 Å². The highest BCUT2D eigenvalue weighted by Crippen LogP contribution is 2.28. The molecule has 1 fully saturated rings. The Labute approximate surface area is 82.5 Å². The third kappa shape index (κ3) is 4.12. The molecule has 1 N–H and O–H groups in total. The molecule has 1 nitrogen and oxygen atoms in total. The lowest BCUT2D eigenvalue weighted by molar-refractivity contribution is 0.105. The van der Waals surface area contributed by atoms with E-state index in [2.05, 4.69) is 13.8 Å².